The van der Waals surface area contributed by atoms with E-state index in [2.05, 4.69) is 48.5 Å². The van der Waals surface area contributed by atoms with E-state index in [1.54, 1.807) is 18.3 Å². The highest BCUT2D eigenvalue weighted by Gasteiger charge is 2.42. The normalized spacial score (nSPS) is 16.7. The molecule has 0 saturated heterocycles. The minimum atomic E-state index is -2.34. The Hall–Kier alpha value is -3.74. The van der Waals surface area contributed by atoms with Gasteiger partial charge in [0.05, 0.1) is 29.6 Å². The molecular formula is C30H37N5O3Si. The highest BCUT2D eigenvalue weighted by Crippen LogP contribution is 2.48. The van der Waals surface area contributed by atoms with Crippen molar-refractivity contribution in [3.05, 3.63) is 64.8 Å². The van der Waals surface area contributed by atoms with Gasteiger partial charge in [-0.05, 0) is 79.4 Å². The van der Waals surface area contributed by atoms with Crippen LogP contribution in [0.5, 0.6) is 0 Å². The number of nitrogens with zero attached hydrogens (tertiary/aromatic N) is 3. The maximum Gasteiger partial charge on any atom is 0.338 e. The summed E-state index contributed by atoms with van der Waals surface area (Å²) in [6.07, 6.45) is 3.45. The first-order valence-corrected chi connectivity index (χ1v) is 16.1. The predicted octanol–water partition coefficient (Wildman–Crippen LogP) is 6.29. The number of nitriles is 1. The van der Waals surface area contributed by atoms with Gasteiger partial charge in [-0.3, -0.25) is 0 Å². The fraction of sp³-hybridized carbons (Fsp3) is 0.400. The van der Waals surface area contributed by atoms with Crippen LogP contribution in [0.25, 0.3) is 11.3 Å². The molecule has 0 radical (unpaired) electrons. The second kappa shape index (κ2) is 10.4. The number of rotatable bonds is 8. The average molecular weight is 544 g/mol. The van der Waals surface area contributed by atoms with E-state index in [4.69, 9.17) is 9.72 Å². The molecule has 1 aliphatic rings. The van der Waals surface area contributed by atoms with Crippen molar-refractivity contribution in [1.29, 1.82) is 5.26 Å². The van der Waals surface area contributed by atoms with Crippen molar-refractivity contribution in [3.8, 4) is 17.3 Å². The number of methoxy groups -OCH3 is 1. The zero-order valence-corrected chi connectivity index (χ0v) is 24.8. The van der Waals surface area contributed by atoms with E-state index in [9.17, 15) is 14.9 Å². The van der Waals surface area contributed by atoms with Gasteiger partial charge in [-0.2, -0.15) is 5.26 Å². The standard InChI is InChI=1S/C30H37N5O3Si/c1-19-22(27(36)38-5)9-8-10-24(19)34-28-32-14-11-25(35-28)20-15-21(17-31)26-23(16-20)30(4,18-33-26)13-12-29(2,3)39(6,7)37/h8-11,14-16,33,37H,12-13,18H2,1-7H3,(H,32,34,35)/t30-/m0/s1. The van der Waals surface area contributed by atoms with Crippen LogP contribution >= 0.6 is 0 Å². The van der Waals surface area contributed by atoms with Gasteiger partial charge in [0, 0.05) is 29.4 Å². The highest BCUT2D eigenvalue weighted by molar-refractivity contribution is 6.72. The summed E-state index contributed by atoms with van der Waals surface area (Å²) in [7, 11) is -0.982. The number of aromatic nitrogens is 2. The van der Waals surface area contributed by atoms with E-state index in [1.165, 1.54) is 7.11 Å². The van der Waals surface area contributed by atoms with Gasteiger partial charge in [0.15, 0.2) is 8.32 Å². The van der Waals surface area contributed by atoms with E-state index >= 15 is 0 Å². The lowest BCUT2D eigenvalue weighted by Crippen LogP contribution is -2.40. The molecule has 0 saturated carbocycles. The number of hydrogen-bond donors (Lipinski definition) is 3. The molecule has 204 valence electrons. The molecule has 3 N–H and O–H groups in total. The summed E-state index contributed by atoms with van der Waals surface area (Å²) in [4.78, 5) is 32.1. The minimum absolute atomic E-state index is 0.134. The summed E-state index contributed by atoms with van der Waals surface area (Å²) in [5.74, 6) is -0.0210. The van der Waals surface area contributed by atoms with E-state index in [-0.39, 0.29) is 10.5 Å². The maximum atomic E-state index is 12.1. The fourth-order valence-electron chi connectivity index (χ4n) is 4.84. The number of carbonyl (C=O) groups excluding carboxylic acids is 1. The second-order valence-electron chi connectivity index (χ2n) is 11.8. The van der Waals surface area contributed by atoms with Crippen LogP contribution in [-0.2, 0) is 10.2 Å². The third kappa shape index (κ3) is 5.53. The summed E-state index contributed by atoms with van der Waals surface area (Å²) in [5.41, 5.74) is 5.80. The van der Waals surface area contributed by atoms with Crippen LogP contribution in [0.15, 0.2) is 42.6 Å². The Bertz CT molecular complexity index is 1460. The lowest BCUT2D eigenvalue weighted by molar-refractivity contribution is 0.0600. The molecule has 1 aromatic heterocycles. The molecule has 4 rings (SSSR count). The second-order valence-corrected chi connectivity index (χ2v) is 16.2. The minimum Gasteiger partial charge on any atom is -0.465 e. The van der Waals surface area contributed by atoms with Gasteiger partial charge in [-0.15, -0.1) is 0 Å². The predicted molar refractivity (Wildman–Crippen MR) is 157 cm³/mol. The Morgan fingerprint density at radius 2 is 2.05 bits per heavy atom. The first-order valence-electron chi connectivity index (χ1n) is 13.1. The van der Waals surface area contributed by atoms with Crippen LogP contribution in [0.1, 0.15) is 60.7 Å². The number of anilines is 3. The van der Waals surface area contributed by atoms with Crippen LogP contribution in [0, 0.1) is 18.3 Å². The summed E-state index contributed by atoms with van der Waals surface area (Å²) in [6, 6.07) is 13.5. The zero-order valence-electron chi connectivity index (χ0n) is 23.8. The molecule has 3 aromatic rings. The molecule has 2 aromatic carbocycles. The van der Waals surface area contributed by atoms with Crippen molar-refractivity contribution in [2.75, 3.05) is 24.3 Å². The summed E-state index contributed by atoms with van der Waals surface area (Å²) < 4.78 is 4.89. The van der Waals surface area contributed by atoms with Crippen LogP contribution in [0.3, 0.4) is 0 Å². The van der Waals surface area contributed by atoms with Crippen LogP contribution in [0.2, 0.25) is 18.1 Å². The lowest BCUT2D eigenvalue weighted by atomic mass is 9.77. The molecule has 8 nitrogen and oxygen atoms in total. The monoisotopic (exact) mass is 543 g/mol. The van der Waals surface area contributed by atoms with Crippen molar-refractivity contribution in [3.63, 3.8) is 0 Å². The molecule has 0 fully saturated rings. The molecule has 0 unspecified atom stereocenters. The third-order valence-electron chi connectivity index (χ3n) is 8.46. The van der Waals surface area contributed by atoms with Gasteiger partial charge in [0.25, 0.3) is 0 Å². The molecule has 1 atom stereocenters. The number of nitrogens with one attached hydrogen (secondary N) is 2. The van der Waals surface area contributed by atoms with Crippen molar-refractivity contribution >= 4 is 31.6 Å². The van der Waals surface area contributed by atoms with Crippen molar-refractivity contribution in [1.82, 2.24) is 9.97 Å². The number of hydrogen-bond acceptors (Lipinski definition) is 8. The van der Waals surface area contributed by atoms with Gasteiger partial charge in [0.2, 0.25) is 5.95 Å². The van der Waals surface area contributed by atoms with Crippen LogP contribution < -0.4 is 10.6 Å². The third-order valence-corrected chi connectivity index (χ3v) is 12.0. The fourth-order valence-corrected chi connectivity index (χ4v) is 5.58. The van der Waals surface area contributed by atoms with Crippen molar-refractivity contribution in [2.24, 2.45) is 0 Å². The molecule has 0 spiro atoms. The van der Waals surface area contributed by atoms with Gasteiger partial charge in [-0.25, -0.2) is 14.8 Å². The van der Waals surface area contributed by atoms with Gasteiger partial charge in [0.1, 0.15) is 6.07 Å². The Labute approximate surface area is 231 Å². The summed E-state index contributed by atoms with van der Waals surface area (Å²) in [5, 5.41) is 16.5. The van der Waals surface area contributed by atoms with Crippen LogP contribution in [-0.4, -0.2) is 42.7 Å². The van der Waals surface area contributed by atoms with Crippen LogP contribution in [0.4, 0.5) is 17.3 Å². The number of ether oxygens (including phenoxy) is 1. The SMILES string of the molecule is COC(=O)c1cccc(Nc2nccc(-c3cc(C#N)c4c(c3)[C@@](C)(CCC(C)(C)[Si](C)(C)O)CN4)n2)c1C. The molecule has 39 heavy (non-hydrogen) atoms. The quantitative estimate of drug-likeness (QED) is 0.224. The lowest BCUT2D eigenvalue weighted by Gasteiger charge is -2.38. The summed E-state index contributed by atoms with van der Waals surface area (Å²) in [6.45, 7) is 13.1. The molecular weight excluding hydrogens is 506 g/mol. The molecule has 0 amide bonds. The Morgan fingerprint density at radius 1 is 1.31 bits per heavy atom. The molecule has 2 heterocycles. The largest absolute Gasteiger partial charge is 0.465 e. The average Bonchev–Trinajstić information content (AvgIpc) is 3.24. The molecule has 0 bridgehead atoms. The smallest absolute Gasteiger partial charge is 0.338 e. The van der Waals surface area contributed by atoms with E-state index < -0.39 is 14.3 Å². The number of esters is 1. The van der Waals surface area contributed by atoms with E-state index in [1.807, 2.05) is 38.2 Å². The first-order chi connectivity index (χ1) is 18.3. The molecule has 0 aliphatic carbocycles. The first kappa shape index (κ1) is 28.3. The van der Waals surface area contributed by atoms with E-state index in [0.717, 1.165) is 41.8 Å². The van der Waals surface area contributed by atoms with Gasteiger partial charge in [-0.1, -0.05) is 26.8 Å². The molecule has 9 heteroatoms. The Morgan fingerprint density at radius 3 is 2.72 bits per heavy atom. The Balaban J connectivity index is 1.67. The van der Waals surface area contributed by atoms with Crippen molar-refractivity contribution in [2.45, 2.75) is 64.1 Å². The Kier molecular flexibility index (Phi) is 7.56. The number of benzene rings is 2. The molecule has 1 aliphatic heterocycles. The maximum absolute atomic E-state index is 12.1. The van der Waals surface area contributed by atoms with Gasteiger partial charge < -0.3 is 20.2 Å². The zero-order chi connectivity index (χ0) is 28.6. The van der Waals surface area contributed by atoms with E-state index in [0.29, 0.717) is 28.5 Å². The number of fused-ring (bicyclic) bond motifs is 1. The number of carbonyl (C=O) groups is 1. The summed E-state index contributed by atoms with van der Waals surface area (Å²) >= 11 is 0. The van der Waals surface area contributed by atoms with Gasteiger partial charge >= 0.3 is 5.97 Å². The van der Waals surface area contributed by atoms with Crippen molar-refractivity contribution < 1.29 is 14.3 Å². The highest BCUT2D eigenvalue weighted by atomic mass is 28.4. The topological polar surface area (TPSA) is 120 Å².